The van der Waals surface area contributed by atoms with Gasteiger partial charge in [-0.1, -0.05) is 6.92 Å². The maximum Gasteiger partial charge on any atom is 0.336 e. The van der Waals surface area contributed by atoms with Gasteiger partial charge in [-0.2, -0.15) is 0 Å². The van der Waals surface area contributed by atoms with E-state index in [9.17, 15) is 14.7 Å². The predicted octanol–water partition coefficient (Wildman–Crippen LogP) is 2.19. The van der Waals surface area contributed by atoms with Crippen LogP contribution in [-0.4, -0.2) is 71.5 Å². The maximum atomic E-state index is 12.5. The van der Waals surface area contributed by atoms with Crippen LogP contribution in [0.15, 0.2) is 27.4 Å². The largest absolute Gasteiger partial charge is 0.508 e. The van der Waals surface area contributed by atoms with Crippen LogP contribution in [0, 0.1) is 0 Å². The van der Waals surface area contributed by atoms with Crippen LogP contribution in [0.25, 0.3) is 11.0 Å². The minimum absolute atomic E-state index is 0.164. The highest BCUT2D eigenvalue weighted by molar-refractivity contribution is 5.82. The Kier molecular flexibility index (Phi) is 6.39. The number of fused-ring (bicyclic) bond motifs is 1. The molecule has 2 aliphatic rings. The molecule has 0 atom stereocenters. The van der Waals surface area contributed by atoms with Gasteiger partial charge in [0.1, 0.15) is 11.3 Å². The Morgan fingerprint density at radius 1 is 0.967 bits per heavy atom. The van der Waals surface area contributed by atoms with Crippen LogP contribution >= 0.6 is 0 Å². The first-order valence-electron chi connectivity index (χ1n) is 11.0. The average Bonchev–Trinajstić information content (AvgIpc) is 2.75. The molecule has 30 heavy (non-hydrogen) atoms. The van der Waals surface area contributed by atoms with Gasteiger partial charge in [0.2, 0.25) is 5.91 Å². The molecule has 1 aromatic heterocycles. The molecular weight excluding hydrogens is 382 g/mol. The van der Waals surface area contributed by atoms with Crippen LogP contribution in [0.4, 0.5) is 0 Å². The van der Waals surface area contributed by atoms with E-state index in [1.54, 1.807) is 12.1 Å². The minimum Gasteiger partial charge on any atom is -0.508 e. The fourth-order valence-corrected chi connectivity index (χ4v) is 4.50. The van der Waals surface area contributed by atoms with Crippen LogP contribution < -0.4 is 5.63 Å². The molecule has 2 aliphatic heterocycles. The van der Waals surface area contributed by atoms with Crippen LogP contribution in [0.2, 0.25) is 0 Å². The quantitative estimate of drug-likeness (QED) is 0.758. The van der Waals surface area contributed by atoms with Gasteiger partial charge in [0.15, 0.2) is 0 Å². The van der Waals surface area contributed by atoms with E-state index in [0.717, 1.165) is 68.6 Å². The number of likely N-dealkylation sites (tertiary alicyclic amines) is 1. The second-order valence-corrected chi connectivity index (χ2v) is 8.42. The number of nitrogens with zero attached hydrogens (tertiary/aromatic N) is 3. The molecule has 2 saturated heterocycles. The van der Waals surface area contributed by atoms with Crippen molar-refractivity contribution in [1.29, 1.82) is 0 Å². The van der Waals surface area contributed by atoms with E-state index in [0.29, 0.717) is 25.1 Å². The van der Waals surface area contributed by atoms with Crippen molar-refractivity contribution < 1.29 is 14.3 Å². The van der Waals surface area contributed by atoms with Crippen molar-refractivity contribution in [3.63, 3.8) is 0 Å². The molecule has 4 rings (SSSR count). The molecule has 1 aromatic carbocycles. The Balaban J connectivity index is 1.39. The molecule has 0 spiro atoms. The van der Waals surface area contributed by atoms with Gasteiger partial charge in [-0.15, -0.1) is 0 Å². The first kappa shape index (κ1) is 20.9. The summed E-state index contributed by atoms with van der Waals surface area (Å²) >= 11 is 0. The number of benzene rings is 1. The van der Waals surface area contributed by atoms with Gasteiger partial charge >= 0.3 is 5.63 Å². The minimum atomic E-state index is -0.396. The molecule has 0 radical (unpaired) electrons. The summed E-state index contributed by atoms with van der Waals surface area (Å²) in [6.07, 6.45) is 4.19. The van der Waals surface area contributed by atoms with Gasteiger partial charge in [-0.05, 0) is 42.9 Å². The Labute approximate surface area is 176 Å². The summed E-state index contributed by atoms with van der Waals surface area (Å²) in [5, 5.41) is 11.0. The van der Waals surface area contributed by atoms with E-state index in [1.807, 2.05) is 17.9 Å². The first-order chi connectivity index (χ1) is 14.5. The predicted molar refractivity (Wildman–Crippen MR) is 116 cm³/mol. The molecule has 0 unspecified atom stereocenters. The smallest absolute Gasteiger partial charge is 0.336 e. The normalized spacial score (nSPS) is 18.8. The third kappa shape index (κ3) is 4.68. The number of piperazine rings is 1. The number of rotatable bonds is 5. The van der Waals surface area contributed by atoms with Crippen LogP contribution in [0.1, 0.15) is 37.3 Å². The zero-order valence-electron chi connectivity index (χ0n) is 17.7. The number of aryl methyl sites for hydroxylation is 1. The fourth-order valence-electron chi connectivity index (χ4n) is 4.50. The molecular formula is C23H31N3O4. The van der Waals surface area contributed by atoms with E-state index in [4.69, 9.17) is 4.42 Å². The molecule has 0 aliphatic carbocycles. The van der Waals surface area contributed by atoms with Crippen LogP contribution in [0.5, 0.6) is 5.75 Å². The van der Waals surface area contributed by atoms with Gasteiger partial charge in [-0.25, -0.2) is 4.79 Å². The van der Waals surface area contributed by atoms with Crippen LogP contribution in [0.3, 0.4) is 0 Å². The van der Waals surface area contributed by atoms with Crippen molar-refractivity contribution in [2.24, 2.45) is 0 Å². The van der Waals surface area contributed by atoms with E-state index < -0.39 is 5.63 Å². The number of carbonyl (C=O) groups is 1. The van der Waals surface area contributed by atoms with Crippen molar-refractivity contribution in [3.05, 3.63) is 39.7 Å². The van der Waals surface area contributed by atoms with E-state index in [-0.39, 0.29) is 11.7 Å². The lowest BCUT2D eigenvalue weighted by atomic mass is 10.0. The monoisotopic (exact) mass is 413 g/mol. The third-order valence-electron chi connectivity index (χ3n) is 6.34. The SMILES string of the molecule is CCc1cc2c(CN3CCN(CC(=O)N4CCCCC4)CC3)cc(=O)oc2cc1O. The number of amides is 1. The summed E-state index contributed by atoms with van der Waals surface area (Å²) in [7, 11) is 0. The highest BCUT2D eigenvalue weighted by atomic mass is 16.4. The number of aromatic hydroxyl groups is 1. The third-order valence-corrected chi connectivity index (χ3v) is 6.34. The topological polar surface area (TPSA) is 77.2 Å². The molecule has 3 heterocycles. The highest BCUT2D eigenvalue weighted by Crippen LogP contribution is 2.27. The van der Waals surface area contributed by atoms with Gasteiger partial charge in [0.25, 0.3) is 0 Å². The molecule has 2 fully saturated rings. The van der Waals surface area contributed by atoms with Gasteiger partial charge in [-0.3, -0.25) is 14.6 Å². The summed E-state index contributed by atoms with van der Waals surface area (Å²) in [5.41, 5.74) is 1.80. The lowest BCUT2D eigenvalue weighted by Gasteiger charge is -2.36. The van der Waals surface area contributed by atoms with Crippen molar-refractivity contribution >= 4 is 16.9 Å². The zero-order chi connectivity index (χ0) is 21.1. The molecule has 2 aromatic rings. The first-order valence-corrected chi connectivity index (χ1v) is 11.0. The number of carbonyl (C=O) groups excluding carboxylic acids is 1. The van der Waals surface area contributed by atoms with Gasteiger partial charge < -0.3 is 14.4 Å². The summed E-state index contributed by atoms with van der Waals surface area (Å²) in [4.78, 5) is 31.1. The molecule has 162 valence electrons. The van der Waals surface area contributed by atoms with E-state index >= 15 is 0 Å². The number of piperidine rings is 1. The fraction of sp³-hybridized carbons (Fsp3) is 0.565. The van der Waals surface area contributed by atoms with Crippen molar-refractivity contribution in [1.82, 2.24) is 14.7 Å². The van der Waals surface area contributed by atoms with Gasteiger partial charge in [0.05, 0.1) is 6.54 Å². The lowest BCUT2D eigenvalue weighted by Crippen LogP contribution is -2.50. The second kappa shape index (κ2) is 9.18. The maximum absolute atomic E-state index is 12.5. The number of phenols is 1. The standard InChI is InChI=1S/C23H31N3O4/c1-2-17-12-19-18(13-23(29)30-21(19)14-20(17)27)15-24-8-10-25(11-9-24)16-22(28)26-6-4-3-5-7-26/h12-14,27H,2-11,15-16H2,1H3. The molecule has 0 saturated carbocycles. The highest BCUT2D eigenvalue weighted by Gasteiger charge is 2.23. The number of hydrogen-bond acceptors (Lipinski definition) is 6. The number of phenolic OH excluding ortho intramolecular Hbond substituents is 1. The van der Waals surface area contributed by atoms with Crippen molar-refractivity contribution in [2.75, 3.05) is 45.8 Å². The Hall–Kier alpha value is -2.38. The zero-order valence-corrected chi connectivity index (χ0v) is 17.7. The Morgan fingerprint density at radius 3 is 2.37 bits per heavy atom. The molecule has 1 N–H and O–H groups in total. The van der Waals surface area contributed by atoms with E-state index in [1.165, 1.54) is 6.42 Å². The summed E-state index contributed by atoms with van der Waals surface area (Å²) in [6, 6.07) is 5.03. The van der Waals surface area contributed by atoms with Crippen LogP contribution in [-0.2, 0) is 17.8 Å². The number of hydrogen-bond donors (Lipinski definition) is 1. The molecule has 7 heteroatoms. The van der Waals surface area contributed by atoms with Crippen molar-refractivity contribution in [3.8, 4) is 5.75 Å². The molecule has 0 bridgehead atoms. The molecule has 7 nitrogen and oxygen atoms in total. The second-order valence-electron chi connectivity index (χ2n) is 8.42. The Bertz CT molecular complexity index is 957. The van der Waals surface area contributed by atoms with E-state index in [2.05, 4.69) is 9.80 Å². The summed E-state index contributed by atoms with van der Waals surface area (Å²) < 4.78 is 5.31. The Morgan fingerprint density at radius 2 is 1.67 bits per heavy atom. The summed E-state index contributed by atoms with van der Waals surface area (Å²) in [5.74, 6) is 0.416. The average molecular weight is 414 g/mol. The summed E-state index contributed by atoms with van der Waals surface area (Å²) in [6.45, 7) is 8.36. The van der Waals surface area contributed by atoms with Crippen molar-refractivity contribution in [2.45, 2.75) is 39.2 Å². The molecule has 1 amide bonds. The van der Waals surface area contributed by atoms with Gasteiger partial charge in [0, 0.05) is 63.3 Å². The lowest BCUT2D eigenvalue weighted by molar-refractivity contribution is -0.133.